The average molecular weight is 485 g/mol. The molecular weight excluding hydrogens is 461 g/mol. The number of halogens is 3. The summed E-state index contributed by atoms with van der Waals surface area (Å²) in [6.07, 6.45) is -2.26. The fourth-order valence-electron chi connectivity index (χ4n) is 4.19. The monoisotopic (exact) mass is 484 g/mol. The molecule has 176 valence electrons. The summed E-state index contributed by atoms with van der Waals surface area (Å²) < 4.78 is 38.6. The zero-order valence-electron chi connectivity index (χ0n) is 18.3. The molecule has 4 nitrogen and oxygen atoms in total. The van der Waals surface area contributed by atoms with Crippen LogP contribution in [0.3, 0.4) is 0 Å². The molecule has 34 heavy (non-hydrogen) atoms. The van der Waals surface area contributed by atoms with E-state index in [4.69, 9.17) is 0 Å². The van der Waals surface area contributed by atoms with Crippen molar-refractivity contribution in [2.45, 2.75) is 18.6 Å². The van der Waals surface area contributed by atoms with Gasteiger partial charge in [0.15, 0.2) is 0 Å². The summed E-state index contributed by atoms with van der Waals surface area (Å²) in [5.41, 5.74) is 1.32. The summed E-state index contributed by atoms with van der Waals surface area (Å²) in [5, 5.41) is 2.02. The molecule has 0 fully saturated rings. The maximum Gasteiger partial charge on any atom is 0.416 e. The lowest BCUT2D eigenvalue weighted by Gasteiger charge is -2.37. The number of rotatable bonds is 6. The number of alkyl halides is 3. The molecule has 0 radical (unpaired) electrons. The van der Waals surface area contributed by atoms with Gasteiger partial charge in [0.05, 0.1) is 11.6 Å². The first kappa shape index (κ1) is 23.8. The summed E-state index contributed by atoms with van der Waals surface area (Å²) in [5.74, 6) is -0.751. The Bertz CT molecular complexity index is 1170. The molecule has 4 rings (SSSR count). The molecule has 0 saturated carbocycles. The third kappa shape index (κ3) is 4.92. The van der Waals surface area contributed by atoms with E-state index in [-0.39, 0.29) is 30.6 Å². The van der Waals surface area contributed by atoms with E-state index in [1.807, 2.05) is 41.8 Å². The maximum absolute atomic E-state index is 13.5. The van der Waals surface area contributed by atoms with Gasteiger partial charge in [-0.15, -0.1) is 17.9 Å². The third-order valence-corrected chi connectivity index (χ3v) is 6.82. The van der Waals surface area contributed by atoms with Gasteiger partial charge in [-0.2, -0.15) is 13.2 Å². The predicted octanol–water partition coefficient (Wildman–Crippen LogP) is 5.57. The lowest BCUT2D eigenvalue weighted by Crippen LogP contribution is -2.46. The molecule has 1 aliphatic heterocycles. The van der Waals surface area contributed by atoms with Crippen molar-refractivity contribution in [3.8, 4) is 0 Å². The van der Waals surface area contributed by atoms with Crippen molar-refractivity contribution in [1.29, 1.82) is 0 Å². The molecule has 1 aromatic heterocycles. The summed E-state index contributed by atoms with van der Waals surface area (Å²) in [4.78, 5) is 30.8. The van der Waals surface area contributed by atoms with Gasteiger partial charge >= 0.3 is 6.18 Å². The Morgan fingerprint density at radius 2 is 1.79 bits per heavy atom. The number of hydrogen-bond acceptors (Lipinski definition) is 3. The number of amides is 2. The first-order chi connectivity index (χ1) is 16.3. The highest BCUT2D eigenvalue weighted by Crippen LogP contribution is 2.37. The molecule has 2 heterocycles. The molecule has 2 amide bonds. The van der Waals surface area contributed by atoms with Crippen LogP contribution < -0.4 is 0 Å². The van der Waals surface area contributed by atoms with Crippen molar-refractivity contribution in [2.24, 2.45) is 0 Å². The predicted molar refractivity (Wildman–Crippen MR) is 126 cm³/mol. The van der Waals surface area contributed by atoms with Gasteiger partial charge in [0.25, 0.3) is 5.91 Å². The lowest BCUT2D eigenvalue weighted by atomic mass is 9.93. The molecule has 8 heteroatoms. The number of thiophene rings is 1. The minimum atomic E-state index is -4.49. The van der Waals surface area contributed by atoms with Crippen molar-refractivity contribution >= 4 is 23.2 Å². The Morgan fingerprint density at radius 1 is 1.09 bits per heavy atom. The number of fused-ring (bicyclic) bond motifs is 1. The van der Waals surface area contributed by atoms with Gasteiger partial charge in [-0.3, -0.25) is 9.59 Å². The van der Waals surface area contributed by atoms with E-state index in [0.29, 0.717) is 6.54 Å². The molecule has 3 aromatic rings. The second kappa shape index (κ2) is 9.85. The first-order valence-electron chi connectivity index (χ1n) is 10.8. The largest absolute Gasteiger partial charge is 0.416 e. The van der Waals surface area contributed by atoms with Crippen molar-refractivity contribution in [3.63, 3.8) is 0 Å². The van der Waals surface area contributed by atoms with E-state index < -0.39 is 17.6 Å². The summed E-state index contributed by atoms with van der Waals surface area (Å²) >= 11 is 1.67. The van der Waals surface area contributed by atoms with Gasteiger partial charge in [0, 0.05) is 23.5 Å². The molecular formula is C26H23F3N2O2S. The van der Waals surface area contributed by atoms with Crippen molar-refractivity contribution in [3.05, 3.63) is 106 Å². The second-order valence-electron chi connectivity index (χ2n) is 8.00. The van der Waals surface area contributed by atoms with Gasteiger partial charge in [0.1, 0.15) is 6.54 Å². The molecule has 0 aliphatic carbocycles. The third-order valence-electron chi connectivity index (χ3n) is 5.82. The summed E-state index contributed by atoms with van der Waals surface area (Å²) in [6.45, 7) is 4.07. The van der Waals surface area contributed by atoms with Crippen LogP contribution in [0.15, 0.2) is 78.7 Å². The van der Waals surface area contributed by atoms with Gasteiger partial charge in [-0.05, 0) is 53.3 Å². The zero-order valence-corrected chi connectivity index (χ0v) is 19.1. The van der Waals surface area contributed by atoms with Crippen LogP contribution in [0.1, 0.15) is 38.0 Å². The van der Waals surface area contributed by atoms with Crippen LogP contribution >= 0.6 is 11.3 Å². The van der Waals surface area contributed by atoms with Crippen molar-refractivity contribution < 1.29 is 22.8 Å². The Kier molecular flexibility index (Phi) is 6.88. The zero-order chi connectivity index (χ0) is 24.3. The lowest BCUT2D eigenvalue weighted by molar-refractivity contribution is -0.137. The molecule has 1 atom stereocenters. The topological polar surface area (TPSA) is 40.6 Å². The minimum absolute atomic E-state index is 0.0843. The molecule has 2 aromatic carbocycles. The molecule has 0 N–H and O–H groups in total. The number of carbonyl (C=O) groups is 2. The molecule has 1 aliphatic rings. The van der Waals surface area contributed by atoms with Gasteiger partial charge in [-0.25, -0.2) is 0 Å². The van der Waals surface area contributed by atoms with Crippen LogP contribution in [0, 0.1) is 0 Å². The van der Waals surface area contributed by atoms with Gasteiger partial charge in [0.2, 0.25) is 5.91 Å². The van der Waals surface area contributed by atoms with E-state index in [1.165, 1.54) is 15.9 Å². The second-order valence-corrected chi connectivity index (χ2v) is 9.00. The van der Waals surface area contributed by atoms with Crippen LogP contribution in [0.5, 0.6) is 0 Å². The van der Waals surface area contributed by atoms with Crippen LogP contribution in [-0.4, -0.2) is 41.2 Å². The smallest absolute Gasteiger partial charge is 0.330 e. The highest BCUT2D eigenvalue weighted by molar-refractivity contribution is 7.10. The van der Waals surface area contributed by atoms with E-state index in [0.717, 1.165) is 41.8 Å². The highest BCUT2D eigenvalue weighted by Gasteiger charge is 2.34. The van der Waals surface area contributed by atoms with Crippen LogP contribution in [0.4, 0.5) is 13.2 Å². The first-order valence-corrected chi connectivity index (χ1v) is 11.7. The normalized spacial score (nSPS) is 15.5. The molecule has 1 unspecified atom stereocenters. The quantitative estimate of drug-likeness (QED) is 0.429. The van der Waals surface area contributed by atoms with Crippen LogP contribution in [0.25, 0.3) is 0 Å². The highest BCUT2D eigenvalue weighted by atomic mass is 32.1. The van der Waals surface area contributed by atoms with Crippen molar-refractivity contribution in [2.75, 3.05) is 19.6 Å². The van der Waals surface area contributed by atoms with Gasteiger partial charge < -0.3 is 9.80 Å². The molecule has 0 spiro atoms. The number of nitrogens with zero attached hydrogens (tertiary/aromatic N) is 2. The van der Waals surface area contributed by atoms with Gasteiger partial charge in [-0.1, -0.05) is 36.4 Å². The van der Waals surface area contributed by atoms with Crippen molar-refractivity contribution in [1.82, 2.24) is 9.80 Å². The van der Waals surface area contributed by atoms with E-state index in [9.17, 15) is 22.8 Å². The number of hydrogen-bond donors (Lipinski definition) is 0. The van der Waals surface area contributed by atoms with E-state index in [2.05, 4.69) is 6.58 Å². The Morgan fingerprint density at radius 3 is 2.44 bits per heavy atom. The van der Waals surface area contributed by atoms with E-state index >= 15 is 0 Å². The number of carbonyl (C=O) groups excluding carboxylic acids is 2. The van der Waals surface area contributed by atoms with Crippen LogP contribution in [-0.2, 0) is 17.4 Å². The fourth-order valence-corrected chi connectivity index (χ4v) is 5.10. The standard InChI is InChI=1S/C26H23F3N2O2S/c1-2-14-30(25(33)19-8-10-20(11-9-19)26(27,28)29)17-23(32)31-15-12-22-21(13-16-34-22)24(31)18-6-4-3-5-7-18/h2-11,13,16,24H,1,12,14-15,17H2. The maximum atomic E-state index is 13.5. The van der Waals surface area contributed by atoms with Crippen LogP contribution in [0.2, 0.25) is 0 Å². The Balaban J connectivity index is 1.57. The molecule has 0 bridgehead atoms. The minimum Gasteiger partial charge on any atom is -0.330 e. The SMILES string of the molecule is C=CCN(CC(=O)N1CCc2sccc2C1c1ccccc1)C(=O)c1ccc(C(F)(F)F)cc1. The van der Waals surface area contributed by atoms with E-state index in [1.54, 1.807) is 16.2 Å². The fraction of sp³-hybridized carbons (Fsp3) is 0.231. The average Bonchev–Trinajstić information content (AvgIpc) is 3.31. The summed E-state index contributed by atoms with van der Waals surface area (Å²) in [7, 11) is 0. The Labute approximate surface area is 199 Å². The number of benzene rings is 2. The summed E-state index contributed by atoms with van der Waals surface area (Å²) in [6, 6.07) is 15.5. The Hall–Kier alpha value is -3.39. The molecule has 0 saturated heterocycles.